The SMILES string of the molecule is CC/C=C\C/C=C\C/C=C\C/C=C\CCCCCCC(=O)OC(COC(=O)CCCCCCC/C=C\C/C=C\CCCCC)COP(=O)(O)OCC(CO)OC(=O)CCCCCCC/C=C\CCCCCC. The van der Waals surface area contributed by atoms with Gasteiger partial charge in [-0.2, -0.15) is 0 Å². The van der Waals surface area contributed by atoms with Crippen molar-refractivity contribution < 1.29 is 52.2 Å². The summed E-state index contributed by atoms with van der Waals surface area (Å²) >= 11 is 0. The van der Waals surface area contributed by atoms with E-state index in [1.807, 2.05) is 0 Å². The Morgan fingerprint density at radius 2 is 0.722 bits per heavy atom. The summed E-state index contributed by atoms with van der Waals surface area (Å²) in [5.74, 6) is -1.52. The van der Waals surface area contributed by atoms with Crippen LogP contribution in [-0.2, 0) is 42.2 Å². The molecule has 0 heterocycles. The fraction of sp³-hybridized carbons (Fsp3) is 0.717. The first-order chi connectivity index (χ1) is 35.2. The van der Waals surface area contributed by atoms with Gasteiger partial charge in [0.2, 0.25) is 0 Å². The quantitative estimate of drug-likeness (QED) is 0.0197. The summed E-state index contributed by atoms with van der Waals surface area (Å²) in [6.45, 7) is 4.43. The molecule has 12 heteroatoms. The Morgan fingerprint density at radius 1 is 0.403 bits per heavy atom. The van der Waals surface area contributed by atoms with E-state index in [0.717, 1.165) is 135 Å². The van der Waals surface area contributed by atoms with Crippen LogP contribution in [-0.4, -0.2) is 66.5 Å². The number of hydrogen-bond acceptors (Lipinski definition) is 10. The molecule has 0 spiro atoms. The highest BCUT2D eigenvalue weighted by Gasteiger charge is 2.28. The molecule has 0 aromatic heterocycles. The molecule has 0 aromatic rings. The van der Waals surface area contributed by atoms with E-state index in [2.05, 4.69) is 106 Å². The van der Waals surface area contributed by atoms with Gasteiger partial charge in [0.25, 0.3) is 0 Å². The van der Waals surface area contributed by atoms with Crippen LogP contribution < -0.4 is 0 Å². The first-order valence-electron chi connectivity index (χ1n) is 28.5. The van der Waals surface area contributed by atoms with E-state index in [1.54, 1.807) is 0 Å². The third-order valence-electron chi connectivity index (χ3n) is 11.8. The zero-order valence-corrected chi connectivity index (χ0v) is 46.5. The van der Waals surface area contributed by atoms with Crippen LogP contribution in [0.15, 0.2) is 85.1 Å². The number of rotatable bonds is 52. The lowest BCUT2D eigenvalue weighted by Crippen LogP contribution is -2.30. The Kier molecular flexibility index (Phi) is 51.4. The van der Waals surface area contributed by atoms with Gasteiger partial charge in [-0.25, -0.2) is 4.57 Å². The van der Waals surface area contributed by atoms with Gasteiger partial charge < -0.3 is 24.2 Å². The molecule has 0 aliphatic rings. The predicted octanol–water partition coefficient (Wildman–Crippen LogP) is 16.7. The number of ether oxygens (including phenoxy) is 3. The van der Waals surface area contributed by atoms with Gasteiger partial charge in [0, 0.05) is 19.3 Å². The second kappa shape index (κ2) is 53.9. The minimum absolute atomic E-state index is 0.133. The summed E-state index contributed by atoms with van der Waals surface area (Å²) in [7, 11) is -4.76. The monoisotopic (exact) mass is 1030 g/mol. The van der Waals surface area contributed by atoms with Crippen molar-refractivity contribution in [3.8, 4) is 0 Å². The zero-order chi connectivity index (χ0) is 52.7. The van der Waals surface area contributed by atoms with Gasteiger partial charge in [-0.1, -0.05) is 189 Å². The molecule has 3 atom stereocenters. The lowest BCUT2D eigenvalue weighted by atomic mass is 10.1. The molecule has 0 saturated carbocycles. The summed E-state index contributed by atoms with van der Waals surface area (Å²) in [5.41, 5.74) is 0. The van der Waals surface area contributed by atoms with Gasteiger partial charge in [0.05, 0.1) is 19.8 Å². The second-order valence-corrected chi connectivity index (χ2v) is 20.2. The van der Waals surface area contributed by atoms with Crippen LogP contribution in [0.5, 0.6) is 0 Å². The van der Waals surface area contributed by atoms with Gasteiger partial charge in [0.1, 0.15) is 12.7 Å². The summed E-state index contributed by atoms with van der Waals surface area (Å²) in [6, 6.07) is 0. The van der Waals surface area contributed by atoms with E-state index in [0.29, 0.717) is 19.3 Å². The fourth-order valence-electron chi connectivity index (χ4n) is 7.43. The van der Waals surface area contributed by atoms with Crippen molar-refractivity contribution >= 4 is 25.7 Å². The highest BCUT2D eigenvalue weighted by molar-refractivity contribution is 7.47. The van der Waals surface area contributed by atoms with Gasteiger partial charge in [-0.15, -0.1) is 0 Å². The van der Waals surface area contributed by atoms with Crippen molar-refractivity contribution in [2.45, 2.75) is 251 Å². The number of hydrogen-bond donors (Lipinski definition) is 2. The fourth-order valence-corrected chi connectivity index (χ4v) is 8.21. The number of esters is 3. The average Bonchev–Trinajstić information content (AvgIpc) is 3.37. The van der Waals surface area contributed by atoms with E-state index >= 15 is 0 Å². The Balaban J connectivity index is 4.81. The third kappa shape index (κ3) is 51.6. The largest absolute Gasteiger partial charge is 0.472 e. The van der Waals surface area contributed by atoms with Crippen molar-refractivity contribution in [3.05, 3.63) is 85.1 Å². The standard InChI is InChI=1S/C60H103O11P/c1-4-7-10-13-16-19-22-25-27-28-30-33-36-39-42-45-48-51-60(64)71-57(53-67-58(62)49-46-43-40-37-34-32-29-26-23-20-17-14-11-8-5-2)55-69-72(65,66)68-54-56(52-61)70-59(63)50-47-44-41-38-35-31-24-21-18-15-12-9-6-3/h7,10,16-17,19-21,24-27,29-30,33,56-57,61H,4-6,8-9,11-15,18,22-23,28,31-32,34-55H2,1-3H3,(H,65,66)/b10-7-,19-16-,20-17-,24-21-,27-25-,29-26-,33-30-. The number of aliphatic hydroxyl groups is 1. The molecule has 72 heavy (non-hydrogen) atoms. The molecule has 11 nitrogen and oxygen atoms in total. The van der Waals surface area contributed by atoms with E-state index in [4.69, 9.17) is 23.3 Å². The van der Waals surface area contributed by atoms with Crippen LogP contribution in [0, 0.1) is 0 Å². The molecule has 0 amide bonds. The maximum atomic E-state index is 12.9. The normalized spacial score (nSPS) is 14.0. The number of unbranched alkanes of at least 4 members (excludes halogenated alkanes) is 21. The van der Waals surface area contributed by atoms with Crippen molar-refractivity contribution in [3.63, 3.8) is 0 Å². The summed E-state index contributed by atoms with van der Waals surface area (Å²) < 4.78 is 39.5. The molecule has 0 aliphatic carbocycles. The number of phosphoric ester groups is 1. The molecule has 0 aliphatic heterocycles. The highest BCUT2D eigenvalue weighted by Crippen LogP contribution is 2.43. The molecule has 0 bridgehead atoms. The Hall–Kier alpha value is -3.34. The predicted molar refractivity (Wildman–Crippen MR) is 298 cm³/mol. The minimum atomic E-state index is -4.76. The molecular weight excluding hydrogens is 928 g/mol. The zero-order valence-electron chi connectivity index (χ0n) is 45.6. The molecule has 0 aromatic carbocycles. The second-order valence-electron chi connectivity index (χ2n) is 18.7. The Bertz CT molecular complexity index is 1530. The first kappa shape index (κ1) is 68.7. The topological polar surface area (TPSA) is 155 Å². The summed E-state index contributed by atoms with van der Waals surface area (Å²) in [4.78, 5) is 48.5. The molecule has 0 radical (unpaired) electrons. The van der Waals surface area contributed by atoms with Crippen LogP contribution >= 0.6 is 7.82 Å². The van der Waals surface area contributed by atoms with Gasteiger partial charge in [0.15, 0.2) is 6.10 Å². The van der Waals surface area contributed by atoms with Crippen LogP contribution in [0.4, 0.5) is 0 Å². The third-order valence-corrected chi connectivity index (χ3v) is 12.7. The average molecular weight is 1030 g/mol. The number of allylic oxidation sites excluding steroid dienone is 14. The molecule has 0 rings (SSSR count). The highest BCUT2D eigenvalue weighted by atomic mass is 31.2. The molecule has 0 fully saturated rings. The van der Waals surface area contributed by atoms with E-state index < -0.39 is 57.8 Å². The van der Waals surface area contributed by atoms with Crippen molar-refractivity contribution in [1.29, 1.82) is 0 Å². The number of carbonyl (C=O) groups excluding carboxylic acids is 3. The molecule has 3 unspecified atom stereocenters. The van der Waals surface area contributed by atoms with Gasteiger partial charge >= 0.3 is 25.7 Å². The first-order valence-corrected chi connectivity index (χ1v) is 30.0. The minimum Gasteiger partial charge on any atom is -0.462 e. The number of carbonyl (C=O) groups is 3. The maximum absolute atomic E-state index is 12.9. The van der Waals surface area contributed by atoms with E-state index in [1.165, 1.54) is 44.9 Å². The summed E-state index contributed by atoms with van der Waals surface area (Å²) in [5, 5.41) is 9.80. The van der Waals surface area contributed by atoms with E-state index in [9.17, 15) is 28.9 Å². The van der Waals surface area contributed by atoms with Crippen molar-refractivity contribution in [2.75, 3.05) is 26.4 Å². The van der Waals surface area contributed by atoms with Gasteiger partial charge in [-0.3, -0.25) is 23.4 Å². The lowest BCUT2D eigenvalue weighted by molar-refractivity contribution is -0.161. The van der Waals surface area contributed by atoms with Crippen LogP contribution in [0.25, 0.3) is 0 Å². The maximum Gasteiger partial charge on any atom is 0.472 e. The Morgan fingerprint density at radius 3 is 1.15 bits per heavy atom. The Labute approximate surface area is 439 Å². The number of aliphatic hydroxyl groups excluding tert-OH is 1. The van der Waals surface area contributed by atoms with Crippen LogP contribution in [0.3, 0.4) is 0 Å². The molecule has 2 N–H and O–H groups in total. The lowest BCUT2D eigenvalue weighted by Gasteiger charge is -2.21. The molecule has 0 saturated heterocycles. The smallest absolute Gasteiger partial charge is 0.462 e. The van der Waals surface area contributed by atoms with Crippen molar-refractivity contribution in [1.82, 2.24) is 0 Å². The molecular formula is C60H103O11P. The van der Waals surface area contributed by atoms with E-state index in [-0.39, 0.29) is 25.9 Å². The number of phosphoric acid groups is 1. The summed E-state index contributed by atoms with van der Waals surface area (Å²) in [6.07, 6.45) is 61.1. The van der Waals surface area contributed by atoms with Crippen LogP contribution in [0.1, 0.15) is 239 Å². The van der Waals surface area contributed by atoms with Crippen LogP contribution in [0.2, 0.25) is 0 Å². The van der Waals surface area contributed by atoms with Crippen molar-refractivity contribution in [2.24, 2.45) is 0 Å². The van der Waals surface area contributed by atoms with Gasteiger partial charge in [-0.05, 0) is 116 Å². The molecule has 414 valence electrons.